The van der Waals surface area contributed by atoms with Crippen molar-refractivity contribution in [2.45, 2.75) is 45.6 Å². The van der Waals surface area contributed by atoms with Gasteiger partial charge in [-0.15, -0.1) is 11.3 Å². The molecule has 33 heavy (non-hydrogen) atoms. The predicted molar refractivity (Wildman–Crippen MR) is 129 cm³/mol. The maximum absolute atomic E-state index is 13.7. The van der Waals surface area contributed by atoms with Gasteiger partial charge in [0.15, 0.2) is 5.13 Å². The molecule has 1 amide bonds. The minimum absolute atomic E-state index is 0.0684. The number of aryl methyl sites for hydroxylation is 1. The van der Waals surface area contributed by atoms with Gasteiger partial charge in [-0.25, -0.2) is 9.37 Å². The van der Waals surface area contributed by atoms with Crippen LogP contribution in [0.15, 0.2) is 47.8 Å². The molecule has 0 saturated carbocycles. The Morgan fingerprint density at radius 1 is 1.12 bits per heavy atom. The molecule has 1 heterocycles. The van der Waals surface area contributed by atoms with Gasteiger partial charge >= 0.3 is 5.97 Å². The number of methoxy groups -OCH3 is 1. The number of anilines is 2. The second-order valence-corrected chi connectivity index (χ2v) is 8.52. The Morgan fingerprint density at radius 2 is 1.91 bits per heavy atom. The fraction of sp³-hybridized carbons (Fsp3) is 0.320. The van der Waals surface area contributed by atoms with Gasteiger partial charge in [0.25, 0.3) is 5.91 Å². The number of esters is 1. The van der Waals surface area contributed by atoms with Crippen molar-refractivity contribution in [3.05, 3.63) is 76.0 Å². The first-order valence-corrected chi connectivity index (χ1v) is 11.8. The molecule has 0 saturated heterocycles. The van der Waals surface area contributed by atoms with Crippen LogP contribution in [-0.4, -0.2) is 24.0 Å². The molecule has 174 valence electrons. The van der Waals surface area contributed by atoms with Gasteiger partial charge in [0.05, 0.1) is 19.2 Å². The van der Waals surface area contributed by atoms with Crippen LogP contribution in [0.2, 0.25) is 0 Å². The quantitative estimate of drug-likeness (QED) is 0.282. The average molecular weight is 470 g/mol. The van der Waals surface area contributed by atoms with E-state index in [2.05, 4.69) is 27.3 Å². The van der Waals surface area contributed by atoms with Crippen LogP contribution < -0.4 is 10.6 Å². The van der Waals surface area contributed by atoms with E-state index in [9.17, 15) is 14.0 Å². The molecule has 3 rings (SSSR count). The van der Waals surface area contributed by atoms with Crippen molar-refractivity contribution in [3.63, 3.8) is 0 Å². The van der Waals surface area contributed by atoms with Gasteiger partial charge < -0.3 is 10.1 Å². The Bertz CT molecular complexity index is 1080. The van der Waals surface area contributed by atoms with E-state index in [1.54, 1.807) is 29.6 Å². The molecule has 6 nitrogen and oxygen atoms in total. The molecule has 3 aromatic rings. The van der Waals surface area contributed by atoms with Crippen molar-refractivity contribution in [2.75, 3.05) is 17.7 Å². The van der Waals surface area contributed by atoms with E-state index in [1.807, 2.05) is 12.1 Å². The van der Waals surface area contributed by atoms with Gasteiger partial charge in [-0.3, -0.25) is 14.9 Å². The van der Waals surface area contributed by atoms with E-state index < -0.39 is 0 Å². The molecule has 0 spiro atoms. The monoisotopic (exact) mass is 469 g/mol. The van der Waals surface area contributed by atoms with Crippen LogP contribution in [0.4, 0.5) is 15.2 Å². The summed E-state index contributed by atoms with van der Waals surface area (Å²) in [5.74, 6) is -0.874. The summed E-state index contributed by atoms with van der Waals surface area (Å²) in [4.78, 5) is 28.1. The van der Waals surface area contributed by atoms with Gasteiger partial charge in [-0.1, -0.05) is 31.9 Å². The van der Waals surface area contributed by atoms with E-state index in [4.69, 9.17) is 0 Å². The lowest BCUT2D eigenvalue weighted by Gasteiger charge is -2.13. The number of nitrogens with zero attached hydrogens (tertiary/aromatic N) is 1. The minimum atomic E-state index is -0.379. The number of hydrogen-bond acceptors (Lipinski definition) is 6. The minimum Gasteiger partial charge on any atom is -0.469 e. The third-order valence-electron chi connectivity index (χ3n) is 5.14. The Balaban J connectivity index is 1.56. The second-order valence-electron chi connectivity index (χ2n) is 7.66. The number of hydrogen-bond donors (Lipinski definition) is 2. The fourth-order valence-corrected chi connectivity index (χ4v) is 4.02. The highest BCUT2D eigenvalue weighted by Crippen LogP contribution is 2.21. The van der Waals surface area contributed by atoms with Crippen molar-refractivity contribution in [1.29, 1.82) is 0 Å². The lowest BCUT2D eigenvalue weighted by molar-refractivity contribution is -0.139. The summed E-state index contributed by atoms with van der Waals surface area (Å²) in [7, 11) is 1.32. The number of unbranched alkanes of at least 4 members (excludes halogenated alkanes) is 2. The van der Waals surface area contributed by atoms with Gasteiger partial charge in [0.2, 0.25) is 0 Å². The first kappa shape index (κ1) is 24.4. The van der Waals surface area contributed by atoms with Gasteiger partial charge in [-0.2, -0.15) is 0 Å². The van der Waals surface area contributed by atoms with E-state index in [0.29, 0.717) is 22.9 Å². The first-order valence-electron chi connectivity index (χ1n) is 10.9. The molecule has 0 atom stereocenters. The van der Waals surface area contributed by atoms with E-state index in [1.165, 1.54) is 24.5 Å². The maximum atomic E-state index is 13.7. The van der Waals surface area contributed by atoms with Gasteiger partial charge in [-0.05, 0) is 54.3 Å². The highest BCUT2D eigenvalue weighted by Gasteiger charge is 2.12. The summed E-state index contributed by atoms with van der Waals surface area (Å²) in [5.41, 5.74) is 3.98. The van der Waals surface area contributed by atoms with Gasteiger partial charge in [0.1, 0.15) is 5.82 Å². The first-order chi connectivity index (χ1) is 16.0. The molecule has 0 radical (unpaired) electrons. The topological polar surface area (TPSA) is 80.3 Å². The molecular weight excluding hydrogens is 441 g/mol. The second kappa shape index (κ2) is 12.1. The SMILES string of the molecule is CCCCCc1cc(F)ccc1NCc1ccc(C(=O)Nc2nc(CC(=O)OC)cs2)cc1. The molecule has 0 aliphatic rings. The number of carbonyl (C=O) groups is 2. The Labute approximate surface area is 197 Å². The van der Waals surface area contributed by atoms with Gasteiger partial charge in [0, 0.05) is 23.2 Å². The lowest BCUT2D eigenvalue weighted by Crippen LogP contribution is -2.12. The highest BCUT2D eigenvalue weighted by atomic mass is 32.1. The number of halogens is 1. The van der Waals surface area contributed by atoms with E-state index in [-0.39, 0.29) is 24.1 Å². The van der Waals surface area contributed by atoms with E-state index in [0.717, 1.165) is 42.5 Å². The zero-order valence-electron chi connectivity index (χ0n) is 18.8. The number of nitrogens with one attached hydrogen (secondary N) is 2. The predicted octanol–water partition coefficient (Wildman–Crippen LogP) is 5.59. The fourth-order valence-electron chi connectivity index (χ4n) is 3.31. The summed E-state index contributed by atoms with van der Waals surface area (Å²) in [5, 5.41) is 8.27. The van der Waals surface area contributed by atoms with Crippen LogP contribution in [0.25, 0.3) is 0 Å². The molecule has 0 unspecified atom stereocenters. The van der Waals surface area contributed by atoms with Crippen LogP contribution in [-0.2, 0) is 28.9 Å². The largest absolute Gasteiger partial charge is 0.469 e. The Morgan fingerprint density at radius 3 is 2.64 bits per heavy atom. The van der Waals surface area contributed by atoms with Crippen molar-refractivity contribution >= 4 is 34.0 Å². The number of ether oxygens (including phenoxy) is 1. The van der Waals surface area contributed by atoms with Crippen LogP contribution in [0, 0.1) is 5.82 Å². The number of aromatic nitrogens is 1. The maximum Gasteiger partial charge on any atom is 0.311 e. The summed E-state index contributed by atoms with van der Waals surface area (Å²) < 4.78 is 18.3. The lowest BCUT2D eigenvalue weighted by atomic mass is 10.0. The molecular formula is C25H28FN3O3S. The van der Waals surface area contributed by atoms with Crippen LogP contribution in [0.5, 0.6) is 0 Å². The van der Waals surface area contributed by atoms with Crippen LogP contribution in [0.3, 0.4) is 0 Å². The molecule has 8 heteroatoms. The number of rotatable bonds is 11. The smallest absolute Gasteiger partial charge is 0.311 e. The average Bonchev–Trinajstić information content (AvgIpc) is 3.25. The Hall–Kier alpha value is -3.26. The molecule has 2 N–H and O–H groups in total. The molecule has 1 aromatic heterocycles. The third-order valence-corrected chi connectivity index (χ3v) is 5.95. The van der Waals surface area contributed by atoms with Crippen molar-refractivity contribution in [3.8, 4) is 0 Å². The number of carbonyl (C=O) groups excluding carboxylic acids is 2. The summed E-state index contributed by atoms with van der Waals surface area (Å²) >= 11 is 1.26. The highest BCUT2D eigenvalue weighted by molar-refractivity contribution is 7.14. The zero-order valence-corrected chi connectivity index (χ0v) is 19.6. The van der Waals surface area contributed by atoms with E-state index >= 15 is 0 Å². The molecule has 0 bridgehead atoms. The van der Waals surface area contributed by atoms with Crippen molar-refractivity contribution in [2.24, 2.45) is 0 Å². The number of amides is 1. The third kappa shape index (κ3) is 7.39. The van der Waals surface area contributed by atoms with Crippen molar-refractivity contribution < 1.29 is 18.7 Å². The molecule has 0 aliphatic heterocycles. The zero-order chi connectivity index (χ0) is 23.6. The number of benzene rings is 2. The standard InChI is InChI=1S/C25H28FN3O3S/c1-3-4-5-6-19-13-20(26)11-12-22(19)27-15-17-7-9-18(10-8-17)24(31)29-25-28-21(16-33-25)14-23(30)32-2/h7-13,16,27H,3-6,14-15H2,1-2H3,(H,28,29,31). The summed E-state index contributed by atoms with van der Waals surface area (Å²) in [6.45, 7) is 2.71. The molecule has 0 aliphatic carbocycles. The van der Waals surface area contributed by atoms with Crippen LogP contribution in [0.1, 0.15) is 53.4 Å². The normalized spacial score (nSPS) is 10.6. The molecule has 2 aromatic carbocycles. The van der Waals surface area contributed by atoms with Crippen LogP contribution >= 0.6 is 11.3 Å². The Kier molecular flexibility index (Phi) is 8.95. The number of thiazole rings is 1. The summed E-state index contributed by atoms with van der Waals surface area (Å²) in [6.07, 6.45) is 4.17. The van der Waals surface area contributed by atoms with Crippen molar-refractivity contribution in [1.82, 2.24) is 4.98 Å². The summed E-state index contributed by atoms with van der Waals surface area (Å²) in [6, 6.07) is 12.1. The molecule has 0 fully saturated rings.